The predicted octanol–water partition coefficient (Wildman–Crippen LogP) is 2.03. The first-order chi connectivity index (χ1) is 7.76. The van der Waals surface area contributed by atoms with Crippen LogP contribution in [0.5, 0.6) is 0 Å². The molecule has 0 aromatic rings. The van der Waals surface area contributed by atoms with Crippen molar-refractivity contribution < 1.29 is 5.11 Å². The van der Waals surface area contributed by atoms with Crippen molar-refractivity contribution in [1.29, 1.82) is 0 Å². The van der Waals surface area contributed by atoms with Crippen molar-refractivity contribution in [2.75, 3.05) is 13.2 Å². The third kappa shape index (κ3) is 1.91. The average molecular weight is 223 g/mol. The van der Waals surface area contributed by atoms with Crippen molar-refractivity contribution in [1.82, 2.24) is 5.32 Å². The van der Waals surface area contributed by atoms with Crippen LogP contribution in [0.1, 0.15) is 39.0 Å². The summed E-state index contributed by atoms with van der Waals surface area (Å²) in [6, 6.07) is 0.275. The highest BCUT2D eigenvalue weighted by atomic mass is 16.3. The van der Waals surface area contributed by atoms with Gasteiger partial charge in [-0.3, -0.25) is 0 Å². The van der Waals surface area contributed by atoms with E-state index in [4.69, 9.17) is 5.11 Å². The fourth-order valence-corrected chi connectivity index (χ4v) is 4.77. The quantitative estimate of drug-likeness (QED) is 0.764. The highest BCUT2D eigenvalue weighted by Gasteiger charge is 2.47. The molecule has 0 aromatic carbocycles. The van der Waals surface area contributed by atoms with Gasteiger partial charge in [0.2, 0.25) is 0 Å². The molecule has 4 saturated carbocycles. The molecule has 0 amide bonds. The third-order valence-electron chi connectivity index (χ3n) is 5.40. The van der Waals surface area contributed by atoms with Crippen molar-refractivity contribution >= 4 is 0 Å². The lowest BCUT2D eigenvalue weighted by atomic mass is 9.52. The Morgan fingerprint density at radius 3 is 2.12 bits per heavy atom. The zero-order valence-corrected chi connectivity index (χ0v) is 10.4. The highest BCUT2D eigenvalue weighted by molar-refractivity contribution is 4.98. The maximum absolute atomic E-state index is 9.05. The summed E-state index contributed by atoms with van der Waals surface area (Å²) in [6.07, 6.45) is 7.57. The third-order valence-corrected chi connectivity index (χ3v) is 5.40. The Morgan fingerprint density at radius 1 is 1.06 bits per heavy atom. The molecule has 92 valence electrons. The molecule has 2 nitrogen and oxygen atoms in total. The topological polar surface area (TPSA) is 32.3 Å². The summed E-state index contributed by atoms with van der Waals surface area (Å²) in [5, 5.41) is 12.6. The molecular weight excluding hydrogens is 198 g/mol. The molecule has 4 fully saturated rings. The lowest BCUT2D eigenvalue weighted by Gasteiger charge is -2.54. The van der Waals surface area contributed by atoms with E-state index < -0.39 is 0 Å². The van der Waals surface area contributed by atoms with Crippen molar-refractivity contribution in [3.63, 3.8) is 0 Å². The summed E-state index contributed by atoms with van der Waals surface area (Å²) in [5.74, 6) is 5.09. The second kappa shape index (κ2) is 4.30. The number of nitrogens with one attached hydrogen (secondary N) is 1. The van der Waals surface area contributed by atoms with Crippen molar-refractivity contribution in [2.24, 2.45) is 29.6 Å². The molecule has 4 bridgehead atoms. The summed E-state index contributed by atoms with van der Waals surface area (Å²) < 4.78 is 0. The zero-order valence-electron chi connectivity index (χ0n) is 10.4. The SMILES string of the molecule is CC(CO)NCC1C2CC3CC(C2)CC1C3. The Labute approximate surface area is 98.8 Å². The zero-order chi connectivity index (χ0) is 11.1. The van der Waals surface area contributed by atoms with Crippen LogP contribution in [0.15, 0.2) is 0 Å². The molecule has 4 aliphatic carbocycles. The van der Waals surface area contributed by atoms with Gasteiger partial charge in [0.05, 0.1) is 6.61 Å². The largest absolute Gasteiger partial charge is 0.395 e. The van der Waals surface area contributed by atoms with E-state index in [1.54, 1.807) is 6.42 Å². The number of aliphatic hydroxyl groups excluding tert-OH is 1. The molecule has 4 rings (SSSR count). The summed E-state index contributed by atoms with van der Waals surface area (Å²) in [4.78, 5) is 0. The molecule has 2 N–H and O–H groups in total. The normalized spacial score (nSPS) is 47.2. The smallest absolute Gasteiger partial charge is 0.0581 e. The van der Waals surface area contributed by atoms with Crippen LogP contribution in [0.4, 0.5) is 0 Å². The highest BCUT2D eigenvalue weighted by Crippen LogP contribution is 2.56. The van der Waals surface area contributed by atoms with Gasteiger partial charge in [-0.15, -0.1) is 0 Å². The molecule has 0 aliphatic heterocycles. The van der Waals surface area contributed by atoms with Crippen LogP contribution in [0.25, 0.3) is 0 Å². The van der Waals surface area contributed by atoms with Gasteiger partial charge in [-0.1, -0.05) is 0 Å². The first kappa shape index (κ1) is 11.0. The molecule has 1 atom stereocenters. The van der Waals surface area contributed by atoms with Crippen molar-refractivity contribution in [2.45, 2.75) is 45.1 Å². The average Bonchev–Trinajstić information content (AvgIpc) is 2.26. The van der Waals surface area contributed by atoms with Crippen LogP contribution in [0.3, 0.4) is 0 Å². The second-order valence-electron chi connectivity index (χ2n) is 6.59. The molecule has 0 aromatic heterocycles. The molecule has 16 heavy (non-hydrogen) atoms. The van der Waals surface area contributed by atoms with E-state index in [0.29, 0.717) is 0 Å². The molecule has 0 radical (unpaired) electrons. The standard InChI is InChI=1S/C14H25NO/c1-9(8-16)15-7-14-12-3-10-2-11(5-12)6-13(14)4-10/h9-16H,2-8H2,1H3. The Bertz CT molecular complexity index is 225. The van der Waals surface area contributed by atoms with Gasteiger partial charge in [0.25, 0.3) is 0 Å². The minimum atomic E-state index is 0.271. The van der Waals surface area contributed by atoms with Gasteiger partial charge < -0.3 is 10.4 Å². The summed E-state index contributed by atoms with van der Waals surface area (Å²) in [6.45, 7) is 3.50. The van der Waals surface area contributed by atoms with Gasteiger partial charge in [0, 0.05) is 6.04 Å². The van der Waals surface area contributed by atoms with Crippen molar-refractivity contribution in [3.8, 4) is 0 Å². The Morgan fingerprint density at radius 2 is 1.62 bits per heavy atom. The van der Waals surface area contributed by atoms with Crippen LogP contribution >= 0.6 is 0 Å². The monoisotopic (exact) mass is 223 g/mol. The fourth-order valence-electron chi connectivity index (χ4n) is 4.77. The Kier molecular flexibility index (Phi) is 2.97. The molecule has 0 saturated heterocycles. The van der Waals surface area contributed by atoms with E-state index in [9.17, 15) is 0 Å². The van der Waals surface area contributed by atoms with Gasteiger partial charge >= 0.3 is 0 Å². The van der Waals surface area contributed by atoms with E-state index in [0.717, 1.165) is 36.1 Å². The van der Waals surface area contributed by atoms with Gasteiger partial charge in [-0.25, -0.2) is 0 Å². The summed E-state index contributed by atoms with van der Waals surface area (Å²) in [5.41, 5.74) is 0. The predicted molar refractivity (Wildman–Crippen MR) is 65.1 cm³/mol. The van der Waals surface area contributed by atoms with E-state index in [-0.39, 0.29) is 12.6 Å². The van der Waals surface area contributed by atoms with Gasteiger partial charge in [0.15, 0.2) is 0 Å². The summed E-state index contributed by atoms with van der Waals surface area (Å²) >= 11 is 0. The minimum Gasteiger partial charge on any atom is -0.395 e. The first-order valence-electron chi connectivity index (χ1n) is 7.10. The first-order valence-corrected chi connectivity index (χ1v) is 7.10. The fraction of sp³-hybridized carbons (Fsp3) is 1.00. The molecular formula is C14H25NO. The maximum atomic E-state index is 9.05. The van der Waals surface area contributed by atoms with E-state index in [2.05, 4.69) is 12.2 Å². The van der Waals surface area contributed by atoms with Crippen LogP contribution in [-0.4, -0.2) is 24.3 Å². The van der Waals surface area contributed by atoms with Crippen LogP contribution in [0, 0.1) is 29.6 Å². The molecule has 0 spiro atoms. The van der Waals surface area contributed by atoms with Gasteiger partial charge in [-0.2, -0.15) is 0 Å². The van der Waals surface area contributed by atoms with Crippen LogP contribution in [-0.2, 0) is 0 Å². The Balaban J connectivity index is 1.59. The second-order valence-corrected chi connectivity index (χ2v) is 6.59. The maximum Gasteiger partial charge on any atom is 0.0581 e. The molecule has 1 unspecified atom stereocenters. The molecule has 2 heteroatoms. The Hall–Kier alpha value is -0.0800. The van der Waals surface area contributed by atoms with Crippen molar-refractivity contribution in [3.05, 3.63) is 0 Å². The molecule has 4 aliphatic rings. The van der Waals surface area contributed by atoms with E-state index in [1.807, 2.05) is 0 Å². The molecule has 0 heterocycles. The number of rotatable bonds is 4. The van der Waals surface area contributed by atoms with Gasteiger partial charge in [0.1, 0.15) is 0 Å². The summed E-state index contributed by atoms with van der Waals surface area (Å²) in [7, 11) is 0. The lowest BCUT2D eigenvalue weighted by molar-refractivity contribution is -0.0366. The van der Waals surface area contributed by atoms with Crippen LogP contribution < -0.4 is 5.32 Å². The van der Waals surface area contributed by atoms with Crippen LogP contribution in [0.2, 0.25) is 0 Å². The number of aliphatic hydroxyl groups is 1. The number of hydrogen-bond acceptors (Lipinski definition) is 2. The van der Waals surface area contributed by atoms with E-state index in [1.165, 1.54) is 25.7 Å². The lowest BCUT2D eigenvalue weighted by Crippen LogP contribution is -2.49. The van der Waals surface area contributed by atoms with E-state index >= 15 is 0 Å². The van der Waals surface area contributed by atoms with Gasteiger partial charge in [-0.05, 0) is 75.2 Å². The minimum absolute atomic E-state index is 0.271. The number of hydrogen-bond donors (Lipinski definition) is 2.